The first-order valence-corrected chi connectivity index (χ1v) is 12.3. The van der Waals surface area contributed by atoms with Crippen molar-refractivity contribution in [2.75, 3.05) is 24.5 Å². The summed E-state index contributed by atoms with van der Waals surface area (Å²) in [7, 11) is -2.30. The first kappa shape index (κ1) is 24.3. The van der Waals surface area contributed by atoms with E-state index >= 15 is 0 Å². The number of benzene rings is 3. The number of likely N-dealkylation sites (N-methyl/N-ethyl adjacent to an activating group) is 1. The van der Waals surface area contributed by atoms with E-state index in [4.69, 9.17) is 4.74 Å². The van der Waals surface area contributed by atoms with Crippen molar-refractivity contribution in [3.8, 4) is 5.75 Å². The van der Waals surface area contributed by atoms with Crippen molar-refractivity contribution in [2.45, 2.75) is 32.2 Å². The van der Waals surface area contributed by atoms with Crippen molar-refractivity contribution in [3.63, 3.8) is 0 Å². The molecule has 6 nitrogen and oxygen atoms in total. The summed E-state index contributed by atoms with van der Waals surface area (Å²) in [5.41, 5.74) is 3.55. The molecule has 0 saturated heterocycles. The van der Waals surface area contributed by atoms with Gasteiger partial charge in [0, 0.05) is 13.6 Å². The first-order chi connectivity index (χ1) is 15.7. The fourth-order valence-electron chi connectivity index (χ4n) is 3.33. The van der Waals surface area contributed by atoms with E-state index in [1.807, 2.05) is 57.2 Å². The van der Waals surface area contributed by atoms with Crippen molar-refractivity contribution < 1.29 is 17.9 Å². The highest BCUT2D eigenvalue weighted by Gasteiger charge is 2.28. The highest BCUT2D eigenvalue weighted by Crippen LogP contribution is 2.26. The molecule has 3 aromatic rings. The van der Waals surface area contributed by atoms with Gasteiger partial charge >= 0.3 is 0 Å². The van der Waals surface area contributed by atoms with Crippen LogP contribution in [0.25, 0.3) is 0 Å². The lowest BCUT2D eigenvalue weighted by Crippen LogP contribution is -2.41. The number of ether oxygens (including phenoxy) is 1. The third kappa shape index (κ3) is 6.14. The molecule has 0 N–H and O–H groups in total. The Balaban J connectivity index is 1.88. The van der Waals surface area contributed by atoms with Gasteiger partial charge in [0.15, 0.2) is 0 Å². The topological polar surface area (TPSA) is 66.9 Å². The average Bonchev–Trinajstić information content (AvgIpc) is 2.80. The lowest BCUT2D eigenvalue weighted by Gasteiger charge is -2.27. The monoisotopic (exact) mass is 466 g/mol. The number of sulfonamides is 1. The molecule has 0 unspecified atom stereocenters. The summed E-state index contributed by atoms with van der Waals surface area (Å²) in [5.74, 6) is 0.290. The van der Waals surface area contributed by atoms with Gasteiger partial charge in [-0.1, -0.05) is 47.5 Å². The van der Waals surface area contributed by atoms with E-state index in [9.17, 15) is 13.2 Å². The Kier molecular flexibility index (Phi) is 7.76. The summed E-state index contributed by atoms with van der Waals surface area (Å²) in [6.45, 7) is 6.37. The fraction of sp³-hybridized carbons (Fsp3) is 0.269. The van der Waals surface area contributed by atoms with E-state index in [0.717, 1.165) is 21.0 Å². The second-order valence-electron chi connectivity index (χ2n) is 7.99. The van der Waals surface area contributed by atoms with Crippen LogP contribution in [0.2, 0.25) is 0 Å². The standard InChI is InChI=1S/C26H30N2O4S/c1-5-32-24-14-16-25(17-15-24)33(30,31)28(23-12-8-21(3)9-13-23)19-26(29)27(4)18-22-10-6-20(2)7-11-22/h6-17H,5,18-19H2,1-4H3. The number of rotatable bonds is 9. The van der Waals surface area contributed by atoms with Crippen LogP contribution in [-0.2, 0) is 21.4 Å². The van der Waals surface area contributed by atoms with Gasteiger partial charge in [0.25, 0.3) is 10.0 Å². The van der Waals surface area contributed by atoms with Crippen LogP contribution >= 0.6 is 0 Å². The molecule has 0 fully saturated rings. The van der Waals surface area contributed by atoms with Crippen LogP contribution in [0.3, 0.4) is 0 Å². The Morgan fingerprint density at radius 1 is 0.848 bits per heavy atom. The van der Waals surface area contributed by atoms with Crippen LogP contribution in [0.5, 0.6) is 5.75 Å². The number of hydrogen-bond acceptors (Lipinski definition) is 4. The largest absolute Gasteiger partial charge is 0.494 e. The molecule has 3 rings (SSSR count). The van der Waals surface area contributed by atoms with Crippen molar-refractivity contribution in [1.82, 2.24) is 4.90 Å². The van der Waals surface area contributed by atoms with Crippen LogP contribution in [0.4, 0.5) is 5.69 Å². The van der Waals surface area contributed by atoms with Crippen molar-refractivity contribution in [1.29, 1.82) is 0 Å². The van der Waals surface area contributed by atoms with Gasteiger partial charge in [0.1, 0.15) is 12.3 Å². The van der Waals surface area contributed by atoms with Crippen LogP contribution in [0.15, 0.2) is 77.7 Å². The summed E-state index contributed by atoms with van der Waals surface area (Å²) in [5, 5.41) is 0. The maximum Gasteiger partial charge on any atom is 0.264 e. The fourth-order valence-corrected chi connectivity index (χ4v) is 4.74. The maximum absolute atomic E-state index is 13.6. The maximum atomic E-state index is 13.6. The Morgan fingerprint density at radius 3 is 1.94 bits per heavy atom. The van der Waals surface area contributed by atoms with Crippen molar-refractivity contribution >= 4 is 21.6 Å². The van der Waals surface area contributed by atoms with Gasteiger partial charge in [-0.3, -0.25) is 9.10 Å². The van der Waals surface area contributed by atoms with Crippen LogP contribution in [0, 0.1) is 13.8 Å². The molecule has 33 heavy (non-hydrogen) atoms. The molecular weight excluding hydrogens is 436 g/mol. The SMILES string of the molecule is CCOc1ccc(S(=O)(=O)N(CC(=O)N(C)Cc2ccc(C)cc2)c2ccc(C)cc2)cc1. The number of carbonyl (C=O) groups excluding carboxylic acids is 1. The molecule has 0 aliphatic heterocycles. The lowest BCUT2D eigenvalue weighted by atomic mass is 10.1. The van der Waals surface area contributed by atoms with E-state index in [2.05, 4.69) is 0 Å². The molecule has 0 aromatic heterocycles. The van der Waals surface area contributed by atoms with Crippen molar-refractivity contribution in [3.05, 3.63) is 89.5 Å². The number of anilines is 1. The van der Waals surface area contributed by atoms with Gasteiger partial charge in [-0.2, -0.15) is 0 Å². The van der Waals surface area contributed by atoms with Crippen molar-refractivity contribution in [2.24, 2.45) is 0 Å². The molecule has 0 radical (unpaired) electrons. The minimum atomic E-state index is -3.98. The molecular formula is C26H30N2O4S. The van der Waals surface area contributed by atoms with Crippen LogP contribution < -0.4 is 9.04 Å². The Labute approximate surface area is 196 Å². The highest BCUT2D eigenvalue weighted by molar-refractivity contribution is 7.92. The summed E-state index contributed by atoms with van der Waals surface area (Å²) >= 11 is 0. The summed E-state index contributed by atoms with van der Waals surface area (Å²) in [6, 6.07) is 21.2. The number of carbonyl (C=O) groups is 1. The smallest absolute Gasteiger partial charge is 0.264 e. The normalized spacial score (nSPS) is 11.2. The minimum absolute atomic E-state index is 0.0977. The van der Waals surface area contributed by atoms with E-state index in [1.54, 1.807) is 36.2 Å². The first-order valence-electron chi connectivity index (χ1n) is 10.8. The Hall–Kier alpha value is -3.32. The number of hydrogen-bond donors (Lipinski definition) is 0. The summed E-state index contributed by atoms with van der Waals surface area (Å²) < 4.78 is 33.7. The summed E-state index contributed by atoms with van der Waals surface area (Å²) in [6.07, 6.45) is 0. The highest BCUT2D eigenvalue weighted by atomic mass is 32.2. The van der Waals surface area contributed by atoms with Gasteiger partial charge in [-0.15, -0.1) is 0 Å². The third-order valence-corrected chi connectivity index (χ3v) is 7.08. The Morgan fingerprint density at radius 2 is 1.39 bits per heavy atom. The molecule has 0 heterocycles. The zero-order chi connectivity index (χ0) is 24.0. The Bertz CT molecular complexity index is 1170. The molecule has 0 bridgehead atoms. The van der Waals surface area contributed by atoms with E-state index < -0.39 is 10.0 Å². The second kappa shape index (κ2) is 10.5. The number of nitrogens with zero attached hydrogens (tertiary/aromatic N) is 2. The molecule has 0 aliphatic rings. The second-order valence-corrected chi connectivity index (χ2v) is 9.85. The molecule has 3 aromatic carbocycles. The van der Waals surface area contributed by atoms with Gasteiger partial charge in [-0.25, -0.2) is 8.42 Å². The quantitative estimate of drug-likeness (QED) is 0.464. The predicted octanol–water partition coefficient (Wildman–Crippen LogP) is 4.56. The van der Waals surface area contributed by atoms with Gasteiger partial charge in [-0.05, 0) is 62.7 Å². The van der Waals surface area contributed by atoms with E-state index in [-0.39, 0.29) is 17.3 Å². The molecule has 7 heteroatoms. The van der Waals surface area contributed by atoms with Crippen LogP contribution in [0.1, 0.15) is 23.6 Å². The molecule has 0 atom stereocenters. The molecule has 0 saturated carbocycles. The van der Waals surface area contributed by atoms with Crippen LogP contribution in [-0.4, -0.2) is 39.4 Å². The number of amides is 1. The molecule has 0 aliphatic carbocycles. The zero-order valence-corrected chi connectivity index (χ0v) is 20.3. The molecule has 1 amide bonds. The third-order valence-electron chi connectivity index (χ3n) is 5.29. The number of aryl methyl sites for hydroxylation is 2. The van der Waals surface area contributed by atoms with Gasteiger partial charge in [0.2, 0.25) is 5.91 Å². The minimum Gasteiger partial charge on any atom is -0.494 e. The molecule has 0 spiro atoms. The van der Waals surface area contributed by atoms with E-state index in [0.29, 0.717) is 24.6 Å². The van der Waals surface area contributed by atoms with Gasteiger partial charge < -0.3 is 9.64 Å². The zero-order valence-electron chi connectivity index (χ0n) is 19.5. The molecule has 174 valence electrons. The summed E-state index contributed by atoms with van der Waals surface area (Å²) in [4.78, 5) is 14.7. The lowest BCUT2D eigenvalue weighted by molar-refractivity contribution is -0.128. The predicted molar refractivity (Wildman–Crippen MR) is 131 cm³/mol. The average molecular weight is 467 g/mol. The van der Waals surface area contributed by atoms with E-state index in [1.165, 1.54) is 12.1 Å². The van der Waals surface area contributed by atoms with Gasteiger partial charge in [0.05, 0.1) is 17.2 Å².